The number of rotatable bonds is 9. The van der Waals surface area contributed by atoms with Gasteiger partial charge >= 0.3 is 215 Å². The molecule has 1 aromatic rings. The fourth-order valence-corrected chi connectivity index (χ4v) is 10.1. The van der Waals surface area contributed by atoms with Crippen LogP contribution in [-0.2, 0) is 21.4 Å². The summed E-state index contributed by atoms with van der Waals surface area (Å²) in [5, 5.41) is 3.54. The van der Waals surface area contributed by atoms with Gasteiger partial charge in [-0.1, -0.05) is 0 Å². The van der Waals surface area contributed by atoms with Gasteiger partial charge in [0.15, 0.2) is 0 Å². The molecule has 1 unspecified atom stereocenters. The number of carbonyl (C=O) groups is 1. The van der Waals surface area contributed by atoms with Gasteiger partial charge in [-0.25, -0.2) is 0 Å². The molecular formula is C26H35Cl2N3O2Ru-4. The van der Waals surface area contributed by atoms with Crippen molar-refractivity contribution in [2.24, 2.45) is 4.99 Å². The van der Waals surface area contributed by atoms with E-state index in [4.69, 9.17) is 24.1 Å². The molecule has 5 nitrogen and oxygen atoms in total. The molecule has 34 heavy (non-hydrogen) atoms. The molecule has 3 rings (SSSR count). The number of allylic oxidation sites excluding steroid dienone is 2. The van der Waals surface area contributed by atoms with Gasteiger partial charge in [-0.2, -0.15) is 0 Å². The minimum absolute atomic E-state index is 0.113. The van der Waals surface area contributed by atoms with E-state index in [9.17, 15) is 4.79 Å². The van der Waals surface area contributed by atoms with Crippen LogP contribution in [0.4, 0.5) is 5.69 Å². The molecule has 0 radical (unpaired) electrons. The van der Waals surface area contributed by atoms with Crippen molar-refractivity contribution in [2.75, 3.05) is 19.7 Å². The van der Waals surface area contributed by atoms with E-state index in [0.29, 0.717) is 12.3 Å². The Morgan fingerprint density at radius 3 is 2.79 bits per heavy atom. The predicted molar refractivity (Wildman–Crippen MR) is 142 cm³/mol. The van der Waals surface area contributed by atoms with Crippen molar-refractivity contribution in [3.05, 3.63) is 53.6 Å². The van der Waals surface area contributed by atoms with Crippen LogP contribution in [0.25, 0.3) is 0 Å². The van der Waals surface area contributed by atoms with Crippen LogP contribution in [0.3, 0.4) is 0 Å². The van der Waals surface area contributed by atoms with Crippen LogP contribution in [0, 0.1) is 0 Å². The Balaban J connectivity index is 2.04. The third kappa shape index (κ3) is 6.68. The number of aliphatic imine (C=N–C) groups is 1. The fourth-order valence-electron chi connectivity index (χ4n) is 4.55. The number of nitrogens with zero attached hydrogens (tertiary/aromatic N) is 2. The number of nitrogens with one attached hydrogen (secondary N) is 1. The zero-order chi connectivity index (χ0) is 24.6. The quantitative estimate of drug-likeness (QED) is 0.224. The molecular weight excluding hydrogens is 558 g/mol. The van der Waals surface area contributed by atoms with Gasteiger partial charge in [-0.3, -0.25) is 0 Å². The van der Waals surface area contributed by atoms with Gasteiger partial charge in [0.25, 0.3) is 0 Å². The molecule has 1 N–H and O–H groups in total. The van der Waals surface area contributed by atoms with Crippen molar-refractivity contribution < 1.29 is 21.4 Å². The molecule has 1 atom stereocenters. The van der Waals surface area contributed by atoms with Gasteiger partial charge in [0.2, 0.25) is 0 Å². The maximum atomic E-state index is 11.8. The molecule has 1 saturated heterocycles. The van der Waals surface area contributed by atoms with Gasteiger partial charge in [-0.05, 0) is 0 Å². The second kappa shape index (κ2) is 12.6. The maximum absolute atomic E-state index is 11.8. The van der Waals surface area contributed by atoms with Gasteiger partial charge in [-0.15, -0.1) is 0 Å². The molecule has 0 aromatic heterocycles. The molecule has 8 heteroatoms. The van der Waals surface area contributed by atoms with Gasteiger partial charge in [0.05, 0.1) is 0 Å². The fraction of sp³-hybridized carbons (Fsp3) is 0.462. The molecule has 1 heterocycles. The SMILES string of the molecule is CCCC1=CC=CC(CCC)(N2CCN[C]2=[Ru-4]([Cl])([Cl])=[CH]c2ccccc2N=CC(=O)OCC)C1. The number of ether oxygens (including phenoxy) is 1. The zero-order valence-corrected chi connectivity index (χ0v) is 23.4. The van der Waals surface area contributed by atoms with Crippen molar-refractivity contribution in [3.63, 3.8) is 0 Å². The standard InChI is InChI=1S/C15H24N2.C11H11NO2.2ClH.Ru/c1-3-6-14-7-5-9-15(12-14,8-4-2)17-11-10-16-13-17;1-3-14-11(13)8-12-10-7-5-4-6-9(10)2;;;/h5,7,9,16H,3-4,6,8,10-12H2,1-2H3;2,4-8H,3H2,1H3;2*1H;/q;;;;-2/p-2. The second-order valence-electron chi connectivity index (χ2n) is 8.43. The Kier molecular flexibility index (Phi) is 10.1. The Morgan fingerprint density at radius 2 is 2.06 bits per heavy atom. The second-order valence-corrected chi connectivity index (χ2v) is 17.7. The van der Waals surface area contributed by atoms with Crippen molar-refractivity contribution in [3.8, 4) is 0 Å². The first-order valence-corrected chi connectivity index (χ1v) is 18.2. The predicted octanol–water partition coefficient (Wildman–Crippen LogP) is 5.78. The average molecular weight is 594 g/mol. The van der Waals surface area contributed by atoms with Crippen LogP contribution in [0.15, 0.2) is 53.1 Å². The summed E-state index contributed by atoms with van der Waals surface area (Å²) in [6.07, 6.45) is 13.4. The average Bonchev–Trinajstić information content (AvgIpc) is 3.31. The van der Waals surface area contributed by atoms with Gasteiger partial charge < -0.3 is 0 Å². The van der Waals surface area contributed by atoms with Crippen LogP contribution < -0.4 is 5.32 Å². The number of benzene rings is 1. The Labute approximate surface area is 213 Å². The minimum atomic E-state index is -3.47. The first-order chi connectivity index (χ1) is 16.3. The number of hydrogen-bond acceptors (Lipinski definition) is 5. The zero-order valence-electron chi connectivity index (χ0n) is 20.2. The van der Waals surface area contributed by atoms with E-state index in [1.807, 2.05) is 28.9 Å². The molecule has 0 amide bonds. The molecule has 1 fully saturated rings. The van der Waals surface area contributed by atoms with E-state index < -0.39 is 17.9 Å². The van der Waals surface area contributed by atoms with Crippen molar-refractivity contribution >= 4 is 46.2 Å². The molecule has 0 saturated carbocycles. The third-order valence-corrected chi connectivity index (χ3v) is 11.3. The van der Waals surface area contributed by atoms with Crippen LogP contribution >= 0.6 is 19.4 Å². The van der Waals surface area contributed by atoms with Gasteiger partial charge in [0.1, 0.15) is 0 Å². The summed E-state index contributed by atoms with van der Waals surface area (Å²) in [6.45, 7) is 8.22. The molecule has 0 spiro atoms. The van der Waals surface area contributed by atoms with Crippen LogP contribution in [0.5, 0.6) is 0 Å². The summed E-state index contributed by atoms with van der Waals surface area (Å²) in [6, 6.07) is 7.58. The van der Waals surface area contributed by atoms with E-state index in [1.165, 1.54) is 11.8 Å². The van der Waals surface area contributed by atoms with E-state index >= 15 is 0 Å². The summed E-state index contributed by atoms with van der Waals surface area (Å²) in [7, 11) is 14.4. The monoisotopic (exact) mass is 593 g/mol. The molecule has 1 aliphatic heterocycles. The van der Waals surface area contributed by atoms with Crippen LogP contribution in [0.1, 0.15) is 58.4 Å². The summed E-state index contributed by atoms with van der Waals surface area (Å²) in [4.78, 5) is 18.5. The third-order valence-electron chi connectivity index (χ3n) is 5.89. The van der Waals surface area contributed by atoms with E-state index in [0.717, 1.165) is 55.1 Å². The van der Waals surface area contributed by atoms with Crippen molar-refractivity contribution in [1.82, 2.24) is 10.2 Å². The number of carbonyl (C=O) groups excluding carboxylic acids is 1. The normalized spacial score (nSPS) is 21.7. The summed E-state index contributed by atoms with van der Waals surface area (Å²) < 4.78 is 7.88. The van der Waals surface area contributed by atoms with E-state index in [-0.39, 0.29) is 5.54 Å². The van der Waals surface area contributed by atoms with Gasteiger partial charge in [0, 0.05) is 0 Å². The first kappa shape index (κ1) is 27.3. The van der Waals surface area contributed by atoms with Crippen molar-refractivity contribution in [2.45, 2.75) is 58.4 Å². The molecule has 1 aliphatic carbocycles. The Hall–Kier alpha value is -1.30. The number of esters is 1. The van der Waals surface area contributed by atoms with E-state index in [1.54, 1.807) is 6.92 Å². The van der Waals surface area contributed by atoms with Crippen LogP contribution in [-0.4, -0.2) is 51.3 Å². The number of hydrogen-bond donors (Lipinski definition) is 1. The van der Waals surface area contributed by atoms with E-state index in [2.05, 4.69) is 47.3 Å². The molecule has 192 valence electrons. The first-order valence-electron chi connectivity index (χ1n) is 11.9. The number of halogens is 2. The number of para-hydroxylation sites is 1. The summed E-state index contributed by atoms with van der Waals surface area (Å²) in [5.41, 5.74) is 2.82. The Bertz CT molecular complexity index is 1100. The molecule has 1 aromatic carbocycles. The van der Waals surface area contributed by atoms with Crippen LogP contribution in [0.2, 0.25) is 0 Å². The summed E-state index contributed by atoms with van der Waals surface area (Å²) >= 11 is -3.47. The Morgan fingerprint density at radius 1 is 1.26 bits per heavy atom. The topological polar surface area (TPSA) is 53.9 Å². The molecule has 2 aliphatic rings. The summed E-state index contributed by atoms with van der Waals surface area (Å²) in [5.74, 6) is -0.472. The van der Waals surface area contributed by atoms with Crippen molar-refractivity contribution in [1.29, 1.82) is 0 Å². The molecule has 0 bridgehead atoms.